The molecule has 116 valence electrons. The number of rotatable bonds is 2. The molecule has 6 nitrogen and oxygen atoms in total. The van der Waals surface area contributed by atoms with Crippen LogP contribution in [0.2, 0.25) is 0 Å². The molecule has 2 unspecified atom stereocenters. The first-order valence-electron chi connectivity index (χ1n) is 7.29. The first-order chi connectivity index (χ1) is 9.71. The maximum absolute atomic E-state index is 12.6. The highest BCUT2D eigenvalue weighted by atomic mass is 16.4. The summed E-state index contributed by atoms with van der Waals surface area (Å²) >= 11 is 0. The van der Waals surface area contributed by atoms with E-state index in [2.05, 4.69) is 4.98 Å². The van der Waals surface area contributed by atoms with Crippen molar-refractivity contribution in [2.75, 3.05) is 11.4 Å². The van der Waals surface area contributed by atoms with Crippen LogP contribution in [0.4, 0.5) is 5.82 Å². The van der Waals surface area contributed by atoms with Crippen LogP contribution in [-0.4, -0.2) is 33.2 Å². The Kier molecular flexibility index (Phi) is 4.07. The Balaban J connectivity index is 2.46. The number of carboxylic acids is 1. The van der Waals surface area contributed by atoms with Crippen LogP contribution in [0.25, 0.3) is 0 Å². The summed E-state index contributed by atoms with van der Waals surface area (Å²) in [7, 11) is 0. The summed E-state index contributed by atoms with van der Waals surface area (Å²) in [5.41, 5.74) is -0.595. The third kappa shape index (κ3) is 3.09. The SMILES string of the molecule is CC1CCN(c2nccn(C(C)(C)C)c2=O)C(C(=O)O)C1. The third-order valence-electron chi connectivity index (χ3n) is 3.97. The summed E-state index contributed by atoms with van der Waals surface area (Å²) < 4.78 is 1.60. The summed E-state index contributed by atoms with van der Waals surface area (Å²) in [6, 6.07) is -0.676. The highest BCUT2D eigenvalue weighted by molar-refractivity contribution is 5.77. The maximum Gasteiger partial charge on any atom is 0.326 e. The van der Waals surface area contributed by atoms with Gasteiger partial charge in [0.1, 0.15) is 6.04 Å². The van der Waals surface area contributed by atoms with E-state index < -0.39 is 12.0 Å². The van der Waals surface area contributed by atoms with E-state index in [0.29, 0.717) is 18.9 Å². The molecule has 1 aromatic rings. The van der Waals surface area contributed by atoms with E-state index >= 15 is 0 Å². The number of carboxylic acid groups (broad SMARTS) is 1. The van der Waals surface area contributed by atoms with Crippen molar-refractivity contribution in [2.24, 2.45) is 5.92 Å². The molecular formula is C15H23N3O3. The summed E-state index contributed by atoms with van der Waals surface area (Å²) in [5, 5.41) is 9.43. The number of anilines is 1. The van der Waals surface area contributed by atoms with Gasteiger partial charge in [0.05, 0.1) is 0 Å². The first-order valence-corrected chi connectivity index (χ1v) is 7.29. The topological polar surface area (TPSA) is 75.4 Å². The lowest BCUT2D eigenvalue weighted by molar-refractivity contribution is -0.139. The third-order valence-corrected chi connectivity index (χ3v) is 3.97. The molecule has 2 rings (SSSR count). The van der Waals surface area contributed by atoms with Gasteiger partial charge in [-0.15, -0.1) is 0 Å². The van der Waals surface area contributed by atoms with E-state index in [0.717, 1.165) is 6.42 Å². The second kappa shape index (κ2) is 5.50. The van der Waals surface area contributed by atoms with Crippen LogP contribution >= 0.6 is 0 Å². The fourth-order valence-electron chi connectivity index (χ4n) is 2.76. The predicted molar refractivity (Wildman–Crippen MR) is 80.7 cm³/mol. The van der Waals surface area contributed by atoms with Crippen LogP contribution in [0.5, 0.6) is 0 Å². The van der Waals surface area contributed by atoms with Gasteiger partial charge < -0.3 is 14.6 Å². The average Bonchev–Trinajstić information content (AvgIpc) is 2.38. The predicted octanol–water partition coefficient (Wildman–Crippen LogP) is 1.69. The van der Waals surface area contributed by atoms with Crippen LogP contribution in [-0.2, 0) is 10.3 Å². The highest BCUT2D eigenvalue weighted by Crippen LogP contribution is 2.25. The largest absolute Gasteiger partial charge is 0.480 e. The average molecular weight is 293 g/mol. The number of aliphatic carboxylic acids is 1. The van der Waals surface area contributed by atoms with Crippen LogP contribution in [0.15, 0.2) is 17.2 Å². The molecular weight excluding hydrogens is 270 g/mol. The van der Waals surface area contributed by atoms with Crippen LogP contribution < -0.4 is 10.5 Å². The van der Waals surface area contributed by atoms with E-state index in [1.54, 1.807) is 21.9 Å². The Morgan fingerprint density at radius 3 is 2.67 bits per heavy atom. The molecule has 1 aliphatic heterocycles. The minimum absolute atomic E-state index is 0.231. The van der Waals surface area contributed by atoms with E-state index in [-0.39, 0.29) is 16.9 Å². The minimum Gasteiger partial charge on any atom is -0.480 e. The number of piperidine rings is 1. The minimum atomic E-state index is -0.895. The van der Waals surface area contributed by atoms with Crippen molar-refractivity contribution >= 4 is 11.8 Å². The molecule has 2 atom stereocenters. The van der Waals surface area contributed by atoms with Gasteiger partial charge in [0.15, 0.2) is 5.82 Å². The molecule has 0 spiro atoms. The highest BCUT2D eigenvalue weighted by Gasteiger charge is 2.34. The fraction of sp³-hybridized carbons (Fsp3) is 0.667. The zero-order chi connectivity index (χ0) is 15.8. The van der Waals surface area contributed by atoms with Crippen LogP contribution in [0.3, 0.4) is 0 Å². The number of carbonyl (C=O) groups is 1. The molecule has 1 fully saturated rings. The van der Waals surface area contributed by atoms with Gasteiger partial charge in [0.2, 0.25) is 0 Å². The van der Waals surface area contributed by atoms with Gasteiger partial charge in [-0.3, -0.25) is 4.79 Å². The summed E-state index contributed by atoms with van der Waals surface area (Å²) in [4.78, 5) is 29.9. The number of nitrogens with zero attached hydrogens (tertiary/aromatic N) is 3. The summed E-state index contributed by atoms with van der Waals surface area (Å²) in [6.45, 7) is 8.40. The quantitative estimate of drug-likeness (QED) is 0.898. The van der Waals surface area contributed by atoms with Crippen molar-refractivity contribution in [3.63, 3.8) is 0 Å². The van der Waals surface area contributed by atoms with Gasteiger partial charge in [0, 0.05) is 24.5 Å². The second-order valence-electron chi connectivity index (χ2n) is 6.77. The lowest BCUT2D eigenvalue weighted by Crippen LogP contribution is -2.50. The van der Waals surface area contributed by atoms with Crippen molar-refractivity contribution in [3.8, 4) is 0 Å². The lowest BCUT2D eigenvalue weighted by Gasteiger charge is -2.36. The number of aromatic nitrogens is 2. The number of hydrogen-bond donors (Lipinski definition) is 1. The van der Waals surface area contributed by atoms with Crippen molar-refractivity contribution in [1.82, 2.24) is 9.55 Å². The maximum atomic E-state index is 12.6. The molecule has 0 saturated carbocycles. The van der Waals surface area contributed by atoms with Crippen molar-refractivity contribution < 1.29 is 9.90 Å². The Bertz CT molecular complexity index is 589. The van der Waals surface area contributed by atoms with Crippen molar-refractivity contribution in [1.29, 1.82) is 0 Å². The molecule has 1 N–H and O–H groups in total. The molecule has 0 bridgehead atoms. The fourth-order valence-corrected chi connectivity index (χ4v) is 2.76. The van der Waals surface area contributed by atoms with E-state index in [9.17, 15) is 14.7 Å². The molecule has 1 aromatic heterocycles. The van der Waals surface area contributed by atoms with E-state index in [1.807, 2.05) is 27.7 Å². The summed E-state index contributed by atoms with van der Waals surface area (Å²) in [6.07, 6.45) is 4.63. The van der Waals surface area contributed by atoms with Crippen LogP contribution in [0, 0.1) is 5.92 Å². The molecule has 6 heteroatoms. The van der Waals surface area contributed by atoms with Gasteiger partial charge in [-0.25, -0.2) is 9.78 Å². The van der Waals surface area contributed by atoms with Gasteiger partial charge in [-0.2, -0.15) is 0 Å². The lowest BCUT2D eigenvalue weighted by atomic mass is 9.92. The molecule has 2 heterocycles. The van der Waals surface area contributed by atoms with Gasteiger partial charge in [-0.1, -0.05) is 6.92 Å². The molecule has 0 amide bonds. The smallest absolute Gasteiger partial charge is 0.326 e. The second-order valence-corrected chi connectivity index (χ2v) is 6.77. The molecule has 0 aromatic carbocycles. The Labute approximate surface area is 124 Å². The monoisotopic (exact) mass is 293 g/mol. The molecule has 1 saturated heterocycles. The molecule has 1 aliphatic rings. The Morgan fingerprint density at radius 1 is 1.43 bits per heavy atom. The van der Waals surface area contributed by atoms with E-state index in [4.69, 9.17) is 0 Å². The number of hydrogen-bond acceptors (Lipinski definition) is 4. The van der Waals surface area contributed by atoms with E-state index in [1.165, 1.54) is 0 Å². The first kappa shape index (κ1) is 15.5. The normalized spacial score (nSPS) is 23.1. The molecule has 21 heavy (non-hydrogen) atoms. The van der Waals surface area contributed by atoms with Crippen molar-refractivity contribution in [2.45, 2.75) is 52.1 Å². The zero-order valence-corrected chi connectivity index (χ0v) is 13.0. The van der Waals surface area contributed by atoms with Crippen LogP contribution in [0.1, 0.15) is 40.5 Å². The Morgan fingerprint density at radius 2 is 2.10 bits per heavy atom. The molecule has 0 aliphatic carbocycles. The van der Waals surface area contributed by atoms with Gasteiger partial charge in [0.25, 0.3) is 5.56 Å². The summed E-state index contributed by atoms with van der Waals surface area (Å²) in [5.74, 6) is -0.309. The van der Waals surface area contributed by atoms with Gasteiger partial charge >= 0.3 is 5.97 Å². The van der Waals surface area contributed by atoms with Crippen molar-refractivity contribution in [3.05, 3.63) is 22.7 Å². The standard InChI is InChI=1S/C15H23N3O3/c1-10-5-7-17(11(9-10)14(20)21)12-13(19)18(8-6-16-12)15(2,3)4/h6,8,10-11H,5,7,9H2,1-4H3,(H,20,21). The van der Waals surface area contributed by atoms with Gasteiger partial charge in [-0.05, 0) is 39.5 Å². The molecule has 0 radical (unpaired) electrons. The zero-order valence-electron chi connectivity index (χ0n) is 13.0. The Hall–Kier alpha value is -1.85.